The predicted molar refractivity (Wildman–Crippen MR) is 177 cm³/mol. The molecular formula is C35H42N4O4S. The number of sulfonamides is 1. The molecule has 0 aromatic heterocycles. The lowest BCUT2D eigenvalue weighted by Crippen LogP contribution is -2.35. The van der Waals surface area contributed by atoms with Crippen LogP contribution in [-0.2, 0) is 16.6 Å². The van der Waals surface area contributed by atoms with E-state index in [9.17, 15) is 13.2 Å². The SMILES string of the molecule is C=CN=C1C(=C)C=CC=C1S(=O)(=O)Nc1ccc(C(=O)N2CCCN(Cc3ccc(OCCCC4CCC4)cc3)CC2)cc1. The van der Waals surface area contributed by atoms with E-state index in [2.05, 4.69) is 52.0 Å². The molecule has 2 aromatic rings. The van der Waals surface area contributed by atoms with E-state index in [1.807, 2.05) is 4.90 Å². The first-order chi connectivity index (χ1) is 21.3. The first-order valence-electron chi connectivity index (χ1n) is 15.5. The highest BCUT2D eigenvalue weighted by Gasteiger charge is 2.26. The average molecular weight is 615 g/mol. The summed E-state index contributed by atoms with van der Waals surface area (Å²) in [7, 11) is -3.93. The largest absolute Gasteiger partial charge is 0.494 e. The molecule has 0 radical (unpaired) electrons. The van der Waals surface area contributed by atoms with Crippen LogP contribution >= 0.6 is 0 Å². The van der Waals surface area contributed by atoms with E-state index in [1.54, 1.807) is 36.4 Å². The number of hydrogen-bond donors (Lipinski definition) is 1. The van der Waals surface area contributed by atoms with Gasteiger partial charge in [0.15, 0.2) is 0 Å². The lowest BCUT2D eigenvalue weighted by Gasteiger charge is -2.25. The molecule has 0 unspecified atom stereocenters. The van der Waals surface area contributed by atoms with Crippen LogP contribution < -0.4 is 9.46 Å². The molecule has 1 heterocycles. The van der Waals surface area contributed by atoms with Crippen LogP contribution in [-0.4, -0.2) is 62.6 Å². The van der Waals surface area contributed by atoms with Crippen molar-refractivity contribution in [2.45, 2.75) is 45.1 Å². The zero-order valence-electron chi connectivity index (χ0n) is 25.3. The van der Waals surface area contributed by atoms with Crippen LogP contribution in [0.5, 0.6) is 5.75 Å². The third-order valence-corrected chi connectivity index (χ3v) is 9.84. The maximum atomic E-state index is 13.3. The van der Waals surface area contributed by atoms with Crippen molar-refractivity contribution in [1.29, 1.82) is 0 Å². The van der Waals surface area contributed by atoms with Gasteiger partial charge in [0.2, 0.25) is 0 Å². The van der Waals surface area contributed by atoms with Crippen LogP contribution in [0.25, 0.3) is 0 Å². The zero-order chi connectivity index (χ0) is 30.9. The number of allylic oxidation sites excluding steroid dienone is 5. The Bertz CT molecular complexity index is 1540. The van der Waals surface area contributed by atoms with Crippen LogP contribution in [0.15, 0.2) is 102 Å². The summed E-state index contributed by atoms with van der Waals surface area (Å²) in [5.41, 5.74) is 2.83. The molecule has 2 fully saturated rings. The molecule has 0 atom stereocenters. The minimum atomic E-state index is -3.93. The molecule has 2 aromatic carbocycles. The maximum Gasteiger partial charge on any atom is 0.264 e. The fourth-order valence-corrected chi connectivity index (χ4v) is 6.97. The monoisotopic (exact) mass is 614 g/mol. The van der Waals surface area contributed by atoms with Gasteiger partial charge in [0, 0.05) is 50.2 Å². The van der Waals surface area contributed by atoms with Gasteiger partial charge in [0.1, 0.15) is 10.7 Å². The number of nitrogens with one attached hydrogen (secondary N) is 1. The van der Waals surface area contributed by atoms with Crippen molar-refractivity contribution in [3.05, 3.63) is 108 Å². The number of carbonyl (C=O) groups is 1. The van der Waals surface area contributed by atoms with Gasteiger partial charge >= 0.3 is 0 Å². The minimum absolute atomic E-state index is 0.0119. The van der Waals surface area contributed by atoms with Crippen molar-refractivity contribution >= 4 is 27.3 Å². The molecule has 9 heteroatoms. The van der Waals surface area contributed by atoms with Crippen LogP contribution in [0.2, 0.25) is 0 Å². The van der Waals surface area contributed by atoms with Gasteiger partial charge in [-0.25, -0.2) is 8.42 Å². The highest BCUT2D eigenvalue weighted by atomic mass is 32.2. The molecule has 2 aliphatic carbocycles. The van der Waals surface area contributed by atoms with Gasteiger partial charge in [-0.3, -0.25) is 19.4 Å². The average Bonchev–Trinajstić information content (AvgIpc) is 3.23. The van der Waals surface area contributed by atoms with E-state index in [4.69, 9.17) is 4.74 Å². The Balaban J connectivity index is 1.10. The fourth-order valence-electron chi connectivity index (χ4n) is 5.72. The number of hydrogen-bond acceptors (Lipinski definition) is 6. The summed E-state index contributed by atoms with van der Waals surface area (Å²) in [6.45, 7) is 12.0. The zero-order valence-corrected chi connectivity index (χ0v) is 26.1. The summed E-state index contributed by atoms with van der Waals surface area (Å²) in [6, 6.07) is 14.9. The number of anilines is 1. The second-order valence-electron chi connectivity index (χ2n) is 11.6. The molecule has 1 saturated carbocycles. The third-order valence-electron chi connectivity index (χ3n) is 8.43. The minimum Gasteiger partial charge on any atom is -0.494 e. The van der Waals surface area contributed by atoms with E-state index >= 15 is 0 Å². The molecule has 1 aliphatic heterocycles. The first-order valence-corrected chi connectivity index (χ1v) is 16.9. The smallest absolute Gasteiger partial charge is 0.264 e. The Labute approximate surface area is 261 Å². The topological polar surface area (TPSA) is 91.3 Å². The van der Waals surface area contributed by atoms with E-state index in [0.717, 1.165) is 50.8 Å². The lowest BCUT2D eigenvalue weighted by molar-refractivity contribution is 0.0761. The standard InChI is InChI=1S/C35H42N4O4S/c1-3-36-34-27(2)8-4-12-33(34)44(41,42)37-31-17-15-30(16-18-31)35(40)39-22-7-21-38(23-24-39)26-29-13-19-32(20-14-29)43-25-6-11-28-9-5-10-28/h3-4,8,12-20,28,37H,1-2,5-7,9-11,21-26H2. The van der Waals surface area contributed by atoms with E-state index in [0.29, 0.717) is 29.9 Å². The van der Waals surface area contributed by atoms with E-state index in [1.165, 1.54) is 43.5 Å². The van der Waals surface area contributed by atoms with Gasteiger partial charge in [-0.15, -0.1) is 0 Å². The summed E-state index contributed by atoms with van der Waals surface area (Å²) < 4.78 is 34.7. The summed E-state index contributed by atoms with van der Waals surface area (Å²) >= 11 is 0. The number of carbonyl (C=O) groups excluding carboxylic acids is 1. The van der Waals surface area contributed by atoms with E-state index in [-0.39, 0.29) is 16.5 Å². The number of benzene rings is 2. The Morgan fingerprint density at radius 1 is 1.02 bits per heavy atom. The van der Waals surface area contributed by atoms with Gasteiger partial charge in [-0.05, 0) is 78.8 Å². The predicted octanol–water partition coefficient (Wildman–Crippen LogP) is 6.33. The van der Waals surface area contributed by atoms with Crippen molar-refractivity contribution in [3.8, 4) is 5.75 Å². The Hall–Kier alpha value is -3.95. The summed E-state index contributed by atoms with van der Waals surface area (Å²) in [6.07, 6.45) is 13.5. The van der Waals surface area contributed by atoms with Gasteiger partial charge in [-0.1, -0.05) is 56.7 Å². The molecule has 44 heavy (non-hydrogen) atoms. The van der Waals surface area contributed by atoms with Crippen molar-refractivity contribution < 1.29 is 17.9 Å². The molecule has 1 N–H and O–H groups in total. The Morgan fingerprint density at radius 3 is 2.50 bits per heavy atom. The normalized spacial score (nSPS) is 18.8. The van der Waals surface area contributed by atoms with Crippen LogP contribution in [0, 0.1) is 5.92 Å². The molecule has 0 bridgehead atoms. The summed E-state index contributed by atoms with van der Waals surface area (Å²) in [5.74, 6) is 1.79. The van der Waals surface area contributed by atoms with Gasteiger partial charge < -0.3 is 9.64 Å². The second kappa shape index (κ2) is 14.7. The number of aliphatic imine (C=N–C) groups is 1. The Morgan fingerprint density at radius 2 is 1.80 bits per heavy atom. The van der Waals surface area contributed by atoms with Crippen LogP contribution in [0.3, 0.4) is 0 Å². The molecular weight excluding hydrogens is 572 g/mol. The Kier molecular flexibility index (Phi) is 10.5. The summed E-state index contributed by atoms with van der Waals surface area (Å²) in [4.78, 5) is 21.7. The molecule has 8 nitrogen and oxygen atoms in total. The quantitative estimate of drug-likeness (QED) is 0.282. The first kappa shape index (κ1) is 31.5. The second-order valence-corrected chi connectivity index (χ2v) is 13.3. The highest BCUT2D eigenvalue weighted by molar-refractivity contribution is 7.97. The van der Waals surface area contributed by atoms with E-state index < -0.39 is 10.0 Å². The number of ether oxygens (including phenoxy) is 1. The number of nitrogens with zero attached hydrogens (tertiary/aromatic N) is 3. The van der Waals surface area contributed by atoms with Crippen molar-refractivity contribution in [2.75, 3.05) is 37.5 Å². The van der Waals surface area contributed by atoms with Crippen molar-refractivity contribution in [1.82, 2.24) is 9.80 Å². The number of rotatable bonds is 12. The maximum absolute atomic E-state index is 13.3. The fraction of sp³-hybridized carbons (Fsp3) is 0.371. The third kappa shape index (κ3) is 8.15. The molecule has 3 aliphatic rings. The molecule has 1 saturated heterocycles. The van der Waals surface area contributed by atoms with Gasteiger partial charge in [0.05, 0.1) is 12.3 Å². The molecule has 232 valence electrons. The van der Waals surface area contributed by atoms with Crippen molar-refractivity contribution in [3.63, 3.8) is 0 Å². The van der Waals surface area contributed by atoms with Crippen LogP contribution in [0.1, 0.15) is 54.4 Å². The van der Waals surface area contributed by atoms with Gasteiger partial charge in [0.25, 0.3) is 15.9 Å². The summed E-state index contributed by atoms with van der Waals surface area (Å²) in [5, 5.41) is 0. The van der Waals surface area contributed by atoms with Gasteiger partial charge in [-0.2, -0.15) is 0 Å². The lowest BCUT2D eigenvalue weighted by atomic mass is 9.82. The number of amides is 1. The van der Waals surface area contributed by atoms with Crippen molar-refractivity contribution in [2.24, 2.45) is 10.9 Å². The molecule has 1 amide bonds. The molecule has 0 spiro atoms. The highest BCUT2D eigenvalue weighted by Crippen LogP contribution is 2.30. The molecule has 5 rings (SSSR count). The van der Waals surface area contributed by atoms with Crippen LogP contribution in [0.4, 0.5) is 5.69 Å².